The second kappa shape index (κ2) is 9.35. The van der Waals surface area contributed by atoms with Crippen LogP contribution in [-0.2, 0) is 5.41 Å². The van der Waals surface area contributed by atoms with Gasteiger partial charge in [0.05, 0.1) is 5.41 Å². The van der Waals surface area contributed by atoms with Gasteiger partial charge in [0, 0.05) is 16.9 Å². The Kier molecular flexibility index (Phi) is 5.36. The zero-order valence-electron chi connectivity index (χ0n) is 22.3. The van der Waals surface area contributed by atoms with Crippen molar-refractivity contribution in [3.8, 4) is 22.6 Å². The van der Waals surface area contributed by atoms with Crippen LogP contribution in [-0.4, -0.2) is 4.98 Å². The Hall–Kier alpha value is -5.41. The van der Waals surface area contributed by atoms with Crippen molar-refractivity contribution in [1.29, 1.82) is 0 Å². The van der Waals surface area contributed by atoms with E-state index in [1.807, 2.05) is 36.4 Å². The number of oxazole rings is 1. The van der Waals surface area contributed by atoms with Crippen LogP contribution in [0.2, 0.25) is 0 Å². The number of hydrogen-bond acceptors (Lipinski definition) is 3. The Morgan fingerprint density at radius 2 is 1.02 bits per heavy atom. The van der Waals surface area contributed by atoms with Gasteiger partial charge in [-0.25, -0.2) is 4.98 Å². The van der Waals surface area contributed by atoms with Gasteiger partial charge >= 0.3 is 0 Å². The average molecular weight is 527 g/mol. The first-order valence-electron chi connectivity index (χ1n) is 13.9. The maximum atomic E-state index is 5.94. The largest absolute Gasteiger partial charge is 0.436 e. The van der Waals surface area contributed by atoms with Crippen molar-refractivity contribution < 1.29 is 4.42 Å². The highest BCUT2D eigenvalue weighted by atomic mass is 16.3. The van der Waals surface area contributed by atoms with E-state index in [0.29, 0.717) is 5.89 Å². The summed E-state index contributed by atoms with van der Waals surface area (Å²) in [4.78, 5) is 4.62. The molecule has 0 fully saturated rings. The van der Waals surface area contributed by atoms with E-state index in [0.717, 1.165) is 28.0 Å². The van der Waals surface area contributed by atoms with E-state index < -0.39 is 0 Å². The van der Waals surface area contributed by atoms with Crippen molar-refractivity contribution in [3.05, 3.63) is 174 Å². The molecule has 3 heteroatoms. The number of benzene rings is 6. The second-order valence-corrected chi connectivity index (χ2v) is 10.5. The zero-order valence-corrected chi connectivity index (χ0v) is 22.3. The average Bonchev–Trinajstić information content (AvgIpc) is 3.61. The molecule has 1 N–H and O–H groups in total. The predicted octanol–water partition coefficient (Wildman–Crippen LogP) is 9.60. The van der Waals surface area contributed by atoms with E-state index in [2.05, 4.69) is 126 Å². The fourth-order valence-electron chi connectivity index (χ4n) is 6.37. The minimum atomic E-state index is -0.381. The maximum absolute atomic E-state index is 5.94. The van der Waals surface area contributed by atoms with Crippen molar-refractivity contribution in [3.63, 3.8) is 0 Å². The molecule has 7 aromatic rings. The van der Waals surface area contributed by atoms with Crippen LogP contribution in [0, 0.1) is 0 Å². The molecule has 6 aromatic carbocycles. The number of aromatic nitrogens is 1. The van der Waals surface area contributed by atoms with Gasteiger partial charge in [-0.3, -0.25) is 0 Å². The molecular formula is C38H26N2O. The minimum absolute atomic E-state index is 0.381. The number of hydrogen-bond donors (Lipinski definition) is 1. The van der Waals surface area contributed by atoms with Gasteiger partial charge in [-0.2, -0.15) is 0 Å². The third kappa shape index (κ3) is 3.70. The van der Waals surface area contributed by atoms with E-state index >= 15 is 0 Å². The Morgan fingerprint density at radius 1 is 0.488 bits per heavy atom. The van der Waals surface area contributed by atoms with Crippen LogP contribution in [0.15, 0.2) is 156 Å². The smallest absolute Gasteiger partial charge is 0.227 e. The molecule has 41 heavy (non-hydrogen) atoms. The van der Waals surface area contributed by atoms with Crippen LogP contribution in [0.5, 0.6) is 0 Å². The SMILES string of the molecule is c1ccc(C2(c3ccc(Nc4ccc(-c5nc6ccccc6o5)cc4)cc3)c3ccccc3-c3ccccc32)cc1. The summed E-state index contributed by atoms with van der Waals surface area (Å²) in [5.41, 5.74) is 12.0. The molecule has 1 aromatic heterocycles. The van der Waals surface area contributed by atoms with E-state index in [4.69, 9.17) is 4.42 Å². The Bertz CT molecular complexity index is 1930. The predicted molar refractivity (Wildman–Crippen MR) is 166 cm³/mol. The van der Waals surface area contributed by atoms with Gasteiger partial charge < -0.3 is 9.73 Å². The third-order valence-electron chi connectivity index (χ3n) is 8.19. The molecule has 3 nitrogen and oxygen atoms in total. The minimum Gasteiger partial charge on any atom is -0.436 e. The normalized spacial score (nSPS) is 13.1. The Balaban J connectivity index is 1.15. The summed E-state index contributed by atoms with van der Waals surface area (Å²) in [6, 6.07) is 53.5. The maximum Gasteiger partial charge on any atom is 0.227 e. The van der Waals surface area contributed by atoms with Gasteiger partial charge in [-0.05, 0) is 81.9 Å². The van der Waals surface area contributed by atoms with Crippen molar-refractivity contribution in [1.82, 2.24) is 4.98 Å². The lowest BCUT2D eigenvalue weighted by Crippen LogP contribution is -2.28. The number of nitrogens with one attached hydrogen (secondary N) is 1. The number of fused-ring (bicyclic) bond motifs is 4. The lowest BCUT2D eigenvalue weighted by molar-refractivity contribution is 0.620. The lowest BCUT2D eigenvalue weighted by atomic mass is 9.68. The molecule has 0 saturated carbocycles. The summed E-state index contributed by atoms with van der Waals surface area (Å²) < 4.78 is 5.94. The summed E-state index contributed by atoms with van der Waals surface area (Å²) in [6.07, 6.45) is 0. The van der Waals surface area contributed by atoms with Crippen LogP contribution in [0.1, 0.15) is 22.3 Å². The highest BCUT2D eigenvalue weighted by Crippen LogP contribution is 2.55. The molecule has 0 aliphatic heterocycles. The molecule has 1 aliphatic rings. The molecule has 0 saturated heterocycles. The molecule has 1 aliphatic carbocycles. The molecule has 0 unspecified atom stereocenters. The van der Waals surface area contributed by atoms with Gasteiger partial charge in [-0.1, -0.05) is 103 Å². The second-order valence-electron chi connectivity index (χ2n) is 10.5. The third-order valence-corrected chi connectivity index (χ3v) is 8.19. The lowest BCUT2D eigenvalue weighted by Gasteiger charge is -2.34. The van der Waals surface area contributed by atoms with E-state index in [1.165, 1.54) is 33.4 Å². The first-order chi connectivity index (χ1) is 20.3. The summed E-state index contributed by atoms with van der Waals surface area (Å²) >= 11 is 0. The number of rotatable bonds is 5. The van der Waals surface area contributed by atoms with E-state index in [9.17, 15) is 0 Å². The van der Waals surface area contributed by atoms with Gasteiger partial charge in [-0.15, -0.1) is 0 Å². The number of para-hydroxylation sites is 2. The standard InChI is InChI=1S/C38H26N2O/c1-2-10-27(11-3-1)38(33-14-6-4-12-31(33)32-13-5-7-15-34(32)38)28-20-24-30(25-21-28)39-29-22-18-26(19-23-29)37-40-35-16-8-9-17-36(35)41-37/h1-25,39H. The van der Waals surface area contributed by atoms with Gasteiger partial charge in [0.15, 0.2) is 5.58 Å². The summed E-state index contributed by atoms with van der Waals surface area (Å²) in [7, 11) is 0. The summed E-state index contributed by atoms with van der Waals surface area (Å²) in [5, 5.41) is 3.57. The van der Waals surface area contributed by atoms with Crippen LogP contribution in [0.3, 0.4) is 0 Å². The van der Waals surface area contributed by atoms with Crippen LogP contribution in [0.4, 0.5) is 11.4 Å². The first-order valence-corrected chi connectivity index (χ1v) is 13.9. The zero-order chi connectivity index (χ0) is 27.2. The molecule has 0 spiro atoms. The van der Waals surface area contributed by atoms with Crippen molar-refractivity contribution in [2.75, 3.05) is 5.32 Å². The molecule has 194 valence electrons. The molecule has 8 rings (SSSR count). The highest BCUT2D eigenvalue weighted by molar-refractivity contribution is 5.86. The fraction of sp³-hybridized carbons (Fsp3) is 0.0263. The number of nitrogens with zero attached hydrogens (tertiary/aromatic N) is 1. The first kappa shape index (κ1) is 23.5. The summed E-state index contributed by atoms with van der Waals surface area (Å²) in [6.45, 7) is 0. The van der Waals surface area contributed by atoms with Gasteiger partial charge in [0.1, 0.15) is 5.52 Å². The summed E-state index contributed by atoms with van der Waals surface area (Å²) in [5.74, 6) is 0.630. The topological polar surface area (TPSA) is 38.1 Å². The van der Waals surface area contributed by atoms with Crippen LogP contribution in [0.25, 0.3) is 33.7 Å². The van der Waals surface area contributed by atoms with E-state index in [1.54, 1.807) is 0 Å². The van der Waals surface area contributed by atoms with Gasteiger partial charge in [0.25, 0.3) is 0 Å². The Morgan fingerprint density at radius 3 is 1.68 bits per heavy atom. The van der Waals surface area contributed by atoms with Crippen molar-refractivity contribution in [2.24, 2.45) is 0 Å². The van der Waals surface area contributed by atoms with Crippen LogP contribution < -0.4 is 5.32 Å². The molecular weight excluding hydrogens is 500 g/mol. The fourth-order valence-corrected chi connectivity index (χ4v) is 6.37. The number of anilines is 2. The molecule has 0 bridgehead atoms. The van der Waals surface area contributed by atoms with Crippen LogP contribution >= 0.6 is 0 Å². The highest BCUT2D eigenvalue weighted by Gasteiger charge is 2.45. The van der Waals surface area contributed by atoms with E-state index in [-0.39, 0.29) is 5.41 Å². The monoisotopic (exact) mass is 526 g/mol. The molecule has 1 heterocycles. The van der Waals surface area contributed by atoms with Crippen molar-refractivity contribution >= 4 is 22.5 Å². The molecule has 0 radical (unpaired) electrons. The quantitative estimate of drug-likeness (QED) is 0.243. The van der Waals surface area contributed by atoms with Gasteiger partial charge in [0.2, 0.25) is 5.89 Å². The molecule has 0 amide bonds. The van der Waals surface area contributed by atoms with Crippen molar-refractivity contribution in [2.45, 2.75) is 5.41 Å². The Labute approximate surface area is 238 Å². The molecule has 0 atom stereocenters.